The number of thioether (sulfide) groups is 1. The molecule has 1 heterocycles. The van der Waals surface area contributed by atoms with E-state index in [2.05, 4.69) is 6.07 Å². The van der Waals surface area contributed by atoms with Gasteiger partial charge in [-0.25, -0.2) is 0 Å². The van der Waals surface area contributed by atoms with Crippen molar-refractivity contribution >= 4 is 17.5 Å². The molecule has 0 atom stereocenters. The predicted molar refractivity (Wildman–Crippen MR) is 75.2 cm³/mol. The summed E-state index contributed by atoms with van der Waals surface area (Å²) in [6.45, 7) is 0. The Balaban J connectivity index is 2.10. The fourth-order valence-electron chi connectivity index (χ4n) is 2.24. The highest BCUT2D eigenvalue weighted by atomic mass is 32.2. The third kappa shape index (κ3) is 2.16. The average Bonchev–Trinajstić information content (AvgIpc) is 2.58. The van der Waals surface area contributed by atoms with E-state index in [0.29, 0.717) is 6.42 Å². The molecule has 0 fully saturated rings. The van der Waals surface area contributed by atoms with Gasteiger partial charge in [0.15, 0.2) is 5.78 Å². The van der Waals surface area contributed by atoms with Crippen LogP contribution in [0.4, 0.5) is 0 Å². The Morgan fingerprint density at radius 1 is 1.16 bits per heavy atom. The van der Waals surface area contributed by atoms with Gasteiger partial charge in [0.05, 0.1) is 12.5 Å². The minimum Gasteiger partial charge on any atom is -0.289 e. The van der Waals surface area contributed by atoms with Crippen LogP contribution in [0.5, 0.6) is 0 Å². The fraction of sp³-hybridized carbons (Fsp3) is 0.125. The van der Waals surface area contributed by atoms with Crippen molar-refractivity contribution in [2.75, 3.05) is 0 Å². The minimum absolute atomic E-state index is 0.0825. The van der Waals surface area contributed by atoms with E-state index < -0.39 is 0 Å². The Morgan fingerprint density at radius 2 is 2.00 bits per heavy atom. The molecule has 19 heavy (non-hydrogen) atoms. The Morgan fingerprint density at radius 3 is 2.84 bits per heavy atom. The first-order valence-corrected chi connectivity index (χ1v) is 7.03. The normalized spacial score (nSPS) is 13.1. The number of hydrogen-bond donors (Lipinski definition) is 0. The van der Waals surface area contributed by atoms with Crippen LogP contribution in [0.25, 0.3) is 0 Å². The zero-order valence-corrected chi connectivity index (χ0v) is 11.0. The first-order valence-electron chi connectivity index (χ1n) is 6.05. The van der Waals surface area contributed by atoms with Crippen LogP contribution in [0.1, 0.15) is 27.0 Å². The molecule has 3 heteroatoms. The number of benzene rings is 2. The zero-order valence-electron chi connectivity index (χ0n) is 10.2. The monoisotopic (exact) mass is 265 g/mol. The van der Waals surface area contributed by atoms with E-state index in [-0.39, 0.29) is 5.78 Å². The molecular weight excluding hydrogens is 254 g/mol. The van der Waals surface area contributed by atoms with Crippen LogP contribution in [0.15, 0.2) is 47.4 Å². The molecule has 2 nitrogen and oxygen atoms in total. The average molecular weight is 265 g/mol. The third-order valence-corrected chi connectivity index (χ3v) is 4.32. The van der Waals surface area contributed by atoms with Crippen LogP contribution in [-0.4, -0.2) is 5.78 Å². The van der Waals surface area contributed by atoms with Crippen molar-refractivity contribution in [3.63, 3.8) is 0 Å². The van der Waals surface area contributed by atoms with Crippen molar-refractivity contribution < 1.29 is 4.79 Å². The van der Waals surface area contributed by atoms with E-state index in [0.717, 1.165) is 32.9 Å². The Hall–Kier alpha value is -2.05. The highest BCUT2D eigenvalue weighted by molar-refractivity contribution is 7.98. The summed E-state index contributed by atoms with van der Waals surface area (Å²) in [6.07, 6.45) is 0.384. The van der Waals surface area contributed by atoms with Gasteiger partial charge in [-0.05, 0) is 23.3 Å². The topological polar surface area (TPSA) is 40.9 Å². The number of carbonyl (C=O) groups is 1. The molecule has 3 rings (SSSR count). The van der Waals surface area contributed by atoms with Gasteiger partial charge in [0.25, 0.3) is 0 Å². The van der Waals surface area contributed by atoms with Crippen LogP contribution >= 0.6 is 11.8 Å². The lowest BCUT2D eigenvalue weighted by Crippen LogP contribution is -2.03. The second-order valence-electron chi connectivity index (χ2n) is 4.44. The molecule has 1 aliphatic heterocycles. The van der Waals surface area contributed by atoms with Crippen LogP contribution in [0.3, 0.4) is 0 Å². The molecular formula is C16H11NOS. The van der Waals surface area contributed by atoms with Gasteiger partial charge in [-0.15, -0.1) is 11.8 Å². The highest BCUT2D eigenvalue weighted by Gasteiger charge is 2.21. The number of nitrogens with zero attached hydrogens (tertiary/aromatic N) is 1. The summed E-state index contributed by atoms with van der Waals surface area (Å²) < 4.78 is 0. The molecule has 0 saturated carbocycles. The molecule has 2 aromatic carbocycles. The standard InChI is InChI=1S/C16H11NOS/c17-8-7-11-5-6-14-15(9-11)19-10-12-3-1-2-4-13(12)16(14)18/h1-6,9H,7,10H2. The van der Waals surface area contributed by atoms with Gasteiger partial charge in [0, 0.05) is 21.8 Å². The van der Waals surface area contributed by atoms with Gasteiger partial charge in [-0.2, -0.15) is 5.26 Å². The predicted octanol–water partition coefficient (Wildman–Crippen LogP) is 3.59. The van der Waals surface area contributed by atoms with E-state index in [1.807, 2.05) is 42.5 Å². The molecule has 92 valence electrons. The molecule has 1 aliphatic rings. The maximum atomic E-state index is 12.5. The minimum atomic E-state index is 0.0825. The summed E-state index contributed by atoms with van der Waals surface area (Å²) in [5.74, 6) is 0.879. The maximum Gasteiger partial charge on any atom is 0.194 e. The summed E-state index contributed by atoms with van der Waals surface area (Å²) >= 11 is 1.67. The smallest absolute Gasteiger partial charge is 0.194 e. The molecule has 0 radical (unpaired) electrons. The summed E-state index contributed by atoms with van der Waals surface area (Å²) in [6, 6.07) is 15.6. The first-order chi connectivity index (χ1) is 9.29. The second-order valence-corrected chi connectivity index (χ2v) is 5.46. The summed E-state index contributed by atoms with van der Waals surface area (Å²) in [4.78, 5) is 13.5. The van der Waals surface area contributed by atoms with Crippen molar-refractivity contribution in [2.45, 2.75) is 17.1 Å². The van der Waals surface area contributed by atoms with Crippen molar-refractivity contribution in [3.8, 4) is 6.07 Å². The zero-order chi connectivity index (χ0) is 13.2. The fourth-order valence-corrected chi connectivity index (χ4v) is 3.36. The highest BCUT2D eigenvalue weighted by Crippen LogP contribution is 2.34. The van der Waals surface area contributed by atoms with Crippen molar-refractivity contribution in [1.82, 2.24) is 0 Å². The Bertz CT molecular complexity index is 700. The van der Waals surface area contributed by atoms with Gasteiger partial charge in [-0.3, -0.25) is 4.79 Å². The molecule has 0 unspecified atom stereocenters. The van der Waals surface area contributed by atoms with E-state index in [9.17, 15) is 4.79 Å². The summed E-state index contributed by atoms with van der Waals surface area (Å²) in [5, 5.41) is 8.75. The van der Waals surface area contributed by atoms with Gasteiger partial charge in [0.2, 0.25) is 0 Å². The molecule has 2 aromatic rings. The number of fused-ring (bicyclic) bond motifs is 2. The van der Waals surface area contributed by atoms with Gasteiger partial charge >= 0.3 is 0 Å². The Kier molecular flexibility index (Phi) is 3.10. The molecule has 0 aliphatic carbocycles. The SMILES string of the molecule is N#CCc1ccc2c(c1)SCc1ccccc1C2=O. The summed E-state index contributed by atoms with van der Waals surface area (Å²) in [5.41, 5.74) is 3.58. The second kappa shape index (κ2) is 4.91. The maximum absolute atomic E-state index is 12.5. The van der Waals surface area contributed by atoms with Gasteiger partial charge < -0.3 is 0 Å². The van der Waals surface area contributed by atoms with Crippen LogP contribution < -0.4 is 0 Å². The van der Waals surface area contributed by atoms with E-state index >= 15 is 0 Å². The van der Waals surface area contributed by atoms with Gasteiger partial charge in [0.1, 0.15) is 0 Å². The van der Waals surface area contributed by atoms with E-state index in [1.54, 1.807) is 11.8 Å². The number of ketones is 1. The molecule has 0 N–H and O–H groups in total. The molecule has 0 bridgehead atoms. The van der Waals surface area contributed by atoms with Crippen LogP contribution in [-0.2, 0) is 12.2 Å². The van der Waals surface area contributed by atoms with Crippen LogP contribution in [0, 0.1) is 11.3 Å². The molecule has 0 spiro atoms. The van der Waals surface area contributed by atoms with Crippen LogP contribution in [0.2, 0.25) is 0 Å². The number of hydrogen-bond acceptors (Lipinski definition) is 3. The number of nitriles is 1. The van der Waals surface area contributed by atoms with Gasteiger partial charge in [-0.1, -0.05) is 30.3 Å². The summed E-state index contributed by atoms with van der Waals surface area (Å²) in [7, 11) is 0. The lowest BCUT2D eigenvalue weighted by Gasteiger charge is -2.05. The lowest BCUT2D eigenvalue weighted by molar-refractivity contribution is 0.103. The number of rotatable bonds is 1. The lowest BCUT2D eigenvalue weighted by atomic mass is 9.98. The first kappa shape index (κ1) is 12.0. The van der Waals surface area contributed by atoms with Crippen molar-refractivity contribution in [2.24, 2.45) is 0 Å². The molecule has 0 saturated heterocycles. The Labute approximate surface area is 116 Å². The van der Waals surface area contributed by atoms with Crippen molar-refractivity contribution in [1.29, 1.82) is 5.26 Å². The quantitative estimate of drug-likeness (QED) is 0.791. The third-order valence-electron chi connectivity index (χ3n) is 3.22. The largest absolute Gasteiger partial charge is 0.289 e. The van der Waals surface area contributed by atoms with E-state index in [1.165, 1.54) is 0 Å². The van der Waals surface area contributed by atoms with Crippen molar-refractivity contribution in [3.05, 3.63) is 64.7 Å². The molecule has 0 amide bonds. The van der Waals surface area contributed by atoms with E-state index in [4.69, 9.17) is 5.26 Å². The number of carbonyl (C=O) groups excluding carboxylic acids is 1. The molecule has 0 aromatic heterocycles.